The Bertz CT molecular complexity index is 383. The molecule has 2 fully saturated rings. The smallest absolute Gasteiger partial charge is 0.410 e. The molecule has 2 aliphatic heterocycles. The maximum absolute atomic E-state index is 11.6. The molecule has 16 heavy (non-hydrogen) atoms. The van der Waals surface area contributed by atoms with E-state index >= 15 is 0 Å². The van der Waals surface area contributed by atoms with E-state index in [1.807, 2.05) is 30.3 Å². The molecule has 0 aliphatic carbocycles. The Kier molecular flexibility index (Phi) is 2.29. The number of epoxide rings is 1. The van der Waals surface area contributed by atoms with Crippen LogP contribution >= 0.6 is 0 Å². The zero-order chi connectivity index (χ0) is 11.0. The predicted molar refractivity (Wildman–Crippen MR) is 56.9 cm³/mol. The van der Waals surface area contributed by atoms with Gasteiger partial charge < -0.3 is 14.4 Å². The zero-order valence-electron chi connectivity index (χ0n) is 8.83. The highest BCUT2D eigenvalue weighted by Crippen LogP contribution is 2.30. The highest BCUT2D eigenvalue weighted by Gasteiger charge is 2.49. The Hall–Kier alpha value is -1.55. The van der Waals surface area contributed by atoms with Crippen LogP contribution in [0.3, 0.4) is 0 Å². The van der Waals surface area contributed by atoms with Crippen LogP contribution in [0, 0.1) is 0 Å². The molecule has 0 spiro atoms. The summed E-state index contributed by atoms with van der Waals surface area (Å²) in [4.78, 5) is 13.3. The van der Waals surface area contributed by atoms with Gasteiger partial charge in [-0.1, -0.05) is 30.3 Å². The number of benzene rings is 1. The van der Waals surface area contributed by atoms with E-state index in [4.69, 9.17) is 9.47 Å². The van der Waals surface area contributed by atoms with E-state index in [9.17, 15) is 4.79 Å². The van der Waals surface area contributed by atoms with E-state index in [1.165, 1.54) is 0 Å². The Morgan fingerprint density at radius 2 is 2.00 bits per heavy atom. The van der Waals surface area contributed by atoms with Crippen molar-refractivity contribution in [2.75, 3.05) is 13.1 Å². The van der Waals surface area contributed by atoms with Gasteiger partial charge in [0.2, 0.25) is 0 Å². The summed E-state index contributed by atoms with van der Waals surface area (Å²) in [5.74, 6) is 0. The van der Waals surface area contributed by atoms with Crippen molar-refractivity contribution in [1.82, 2.24) is 4.90 Å². The molecule has 1 aromatic carbocycles. The Balaban J connectivity index is 1.50. The highest BCUT2D eigenvalue weighted by molar-refractivity contribution is 5.68. The van der Waals surface area contributed by atoms with Crippen LogP contribution in [0.5, 0.6) is 0 Å². The second-order valence-corrected chi connectivity index (χ2v) is 4.16. The SMILES string of the molecule is O=C(OCc1ccccc1)N1C[C@@H]2O[C@H]2C1. The Morgan fingerprint density at radius 3 is 2.69 bits per heavy atom. The van der Waals surface area contributed by atoms with Crippen molar-refractivity contribution in [3.8, 4) is 0 Å². The van der Waals surface area contributed by atoms with Gasteiger partial charge >= 0.3 is 6.09 Å². The number of rotatable bonds is 2. The molecule has 84 valence electrons. The minimum absolute atomic E-state index is 0.236. The van der Waals surface area contributed by atoms with Crippen LogP contribution in [0.25, 0.3) is 0 Å². The van der Waals surface area contributed by atoms with Crippen LogP contribution in [-0.2, 0) is 16.1 Å². The van der Waals surface area contributed by atoms with Crippen LogP contribution < -0.4 is 0 Å². The van der Waals surface area contributed by atoms with Gasteiger partial charge in [-0.2, -0.15) is 0 Å². The first kappa shape index (κ1) is 9.66. The topological polar surface area (TPSA) is 42.1 Å². The van der Waals surface area contributed by atoms with Crippen LogP contribution in [0.1, 0.15) is 5.56 Å². The maximum atomic E-state index is 11.6. The van der Waals surface area contributed by atoms with Gasteiger partial charge in [0.25, 0.3) is 0 Å². The van der Waals surface area contributed by atoms with Gasteiger partial charge in [-0.05, 0) is 5.56 Å². The molecule has 2 saturated heterocycles. The molecule has 0 aromatic heterocycles. The van der Waals surface area contributed by atoms with Gasteiger partial charge in [-0.15, -0.1) is 0 Å². The third-order valence-corrected chi connectivity index (χ3v) is 2.95. The predicted octanol–water partition coefficient (Wildman–Crippen LogP) is 1.41. The van der Waals surface area contributed by atoms with Crippen molar-refractivity contribution < 1.29 is 14.3 Å². The number of hydrogen-bond acceptors (Lipinski definition) is 3. The van der Waals surface area contributed by atoms with Crippen molar-refractivity contribution in [2.45, 2.75) is 18.8 Å². The van der Waals surface area contributed by atoms with Gasteiger partial charge in [0.05, 0.1) is 13.1 Å². The van der Waals surface area contributed by atoms with E-state index in [0.29, 0.717) is 19.7 Å². The molecule has 4 nitrogen and oxygen atoms in total. The van der Waals surface area contributed by atoms with E-state index in [-0.39, 0.29) is 18.3 Å². The molecule has 3 rings (SSSR count). The summed E-state index contributed by atoms with van der Waals surface area (Å²) >= 11 is 0. The van der Waals surface area contributed by atoms with Crippen LogP contribution in [0.2, 0.25) is 0 Å². The summed E-state index contributed by atoms with van der Waals surface area (Å²) in [6.45, 7) is 1.70. The van der Waals surface area contributed by atoms with Gasteiger partial charge in [-0.3, -0.25) is 0 Å². The first-order valence-electron chi connectivity index (χ1n) is 5.44. The van der Waals surface area contributed by atoms with E-state index in [0.717, 1.165) is 5.56 Å². The standard InChI is InChI=1S/C12H13NO3/c14-12(13-6-10-11(7-13)16-10)15-8-9-4-2-1-3-5-9/h1-5,10-11H,6-8H2/t10-,11-/m0/s1. The number of carbonyl (C=O) groups excluding carboxylic acids is 1. The second kappa shape index (κ2) is 3.79. The first-order chi connectivity index (χ1) is 7.83. The lowest BCUT2D eigenvalue weighted by molar-refractivity contribution is 0.0903. The summed E-state index contributed by atoms with van der Waals surface area (Å²) in [5, 5.41) is 0. The molecule has 0 unspecified atom stereocenters. The monoisotopic (exact) mass is 219 g/mol. The van der Waals surface area contributed by atoms with Crippen molar-refractivity contribution in [3.05, 3.63) is 35.9 Å². The molecule has 1 aromatic rings. The fourth-order valence-corrected chi connectivity index (χ4v) is 1.97. The Labute approximate surface area is 93.8 Å². The van der Waals surface area contributed by atoms with E-state index in [2.05, 4.69) is 0 Å². The summed E-state index contributed by atoms with van der Waals surface area (Å²) in [7, 11) is 0. The summed E-state index contributed by atoms with van der Waals surface area (Å²) in [5.41, 5.74) is 1.01. The fraction of sp³-hybridized carbons (Fsp3) is 0.417. The van der Waals surface area contributed by atoms with Crippen molar-refractivity contribution in [2.24, 2.45) is 0 Å². The molecular formula is C12H13NO3. The lowest BCUT2D eigenvalue weighted by Crippen LogP contribution is -2.32. The average Bonchev–Trinajstić information content (AvgIpc) is 2.94. The molecule has 0 N–H and O–H groups in total. The third-order valence-electron chi connectivity index (χ3n) is 2.95. The molecule has 0 saturated carbocycles. The number of morpholine rings is 1. The number of hydrogen-bond donors (Lipinski definition) is 0. The number of ether oxygens (including phenoxy) is 2. The van der Waals surface area contributed by atoms with E-state index < -0.39 is 0 Å². The molecule has 0 radical (unpaired) electrons. The number of fused-ring (bicyclic) bond motifs is 1. The maximum Gasteiger partial charge on any atom is 0.410 e. The summed E-state index contributed by atoms with van der Waals surface area (Å²) < 4.78 is 10.5. The second-order valence-electron chi connectivity index (χ2n) is 4.16. The number of amides is 1. The fourth-order valence-electron chi connectivity index (χ4n) is 1.97. The molecule has 0 bridgehead atoms. The largest absolute Gasteiger partial charge is 0.445 e. The number of carbonyl (C=O) groups is 1. The highest BCUT2D eigenvalue weighted by atomic mass is 16.6. The van der Waals surface area contributed by atoms with Gasteiger partial charge in [0.1, 0.15) is 18.8 Å². The molecule has 2 atom stereocenters. The lowest BCUT2D eigenvalue weighted by Gasteiger charge is -2.16. The molecule has 1 amide bonds. The number of nitrogens with zero attached hydrogens (tertiary/aromatic N) is 1. The van der Waals surface area contributed by atoms with Crippen LogP contribution in [0.4, 0.5) is 4.79 Å². The minimum atomic E-state index is -0.236. The van der Waals surface area contributed by atoms with Crippen LogP contribution in [-0.4, -0.2) is 36.3 Å². The van der Waals surface area contributed by atoms with Gasteiger partial charge in [0.15, 0.2) is 0 Å². The van der Waals surface area contributed by atoms with Crippen LogP contribution in [0.15, 0.2) is 30.3 Å². The normalized spacial score (nSPS) is 26.4. The first-order valence-corrected chi connectivity index (χ1v) is 5.44. The van der Waals surface area contributed by atoms with Crippen molar-refractivity contribution in [1.29, 1.82) is 0 Å². The van der Waals surface area contributed by atoms with Gasteiger partial charge in [-0.25, -0.2) is 4.79 Å². The number of likely N-dealkylation sites (tertiary alicyclic amines) is 1. The summed E-state index contributed by atoms with van der Waals surface area (Å²) in [6, 6.07) is 9.69. The van der Waals surface area contributed by atoms with Gasteiger partial charge in [0, 0.05) is 0 Å². The lowest BCUT2D eigenvalue weighted by atomic mass is 10.2. The Morgan fingerprint density at radius 1 is 1.31 bits per heavy atom. The summed E-state index contributed by atoms with van der Waals surface area (Å²) in [6.07, 6.45) is 0.299. The molecule has 2 heterocycles. The zero-order valence-corrected chi connectivity index (χ0v) is 8.83. The van der Waals surface area contributed by atoms with Crippen molar-refractivity contribution in [3.63, 3.8) is 0 Å². The quantitative estimate of drug-likeness (QED) is 0.706. The molecule has 4 heteroatoms. The minimum Gasteiger partial charge on any atom is -0.445 e. The van der Waals surface area contributed by atoms with Crippen molar-refractivity contribution >= 4 is 6.09 Å². The molecule has 2 aliphatic rings. The third kappa shape index (κ3) is 1.88. The average molecular weight is 219 g/mol. The molecular weight excluding hydrogens is 206 g/mol. The van der Waals surface area contributed by atoms with E-state index in [1.54, 1.807) is 4.90 Å².